The highest BCUT2D eigenvalue weighted by Crippen LogP contribution is 2.33. The number of para-hydroxylation sites is 1. The van der Waals surface area contributed by atoms with Crippen molar-refractivity contribution in [1.29, 1.82) is 0 Å². The third kappa shape index (κ3) is 4.72. The number of alkyl halides is 3. The van der Waals surface area contributed by atoms with Crippen LogP contribution in [0, 0.1) is 0 Å². The van der Waals surface area contributed by atoms with E-state index in [0.29, 0.717) is 18.8 Å². The number of rotatable bonds is 4. The fraction of sp³-hybridized carbons (Fsp3) is 0.333. The highest BCUT2D eigenvalue weighted by Gasteiger charge is 2.39. The summed E-state index contributed by atoms with van der Waals surface area (Å²) in [6, 6.07) is 8.96. The number of halogens is 4. The van der Waals surface area contributed by atoms with Crippen LogP contribution in [0.5, 0.6) is 0 Å². The zero-order valence-corrected chi connectivity index (χ0v) is 18.0. The first-order valence-electron chi connectivity index (χ1n) is 10.1. The van der Waals surface area contributed by atoms with Crippen molar-refractivity contribution in [2.45, 2.75) is 6.18 Å². The van der Waals surface area contributed by atoms with E-state index >= 15 is 0 Å². The molecule has 0 radical (unpaired) electrons. The summed E-state index contributed by atoms with van der Waals surface area (Å²) >= 11 is 6.01. The Morgan fingerprint density at radius 1 is 1.06 bits per heavy atom. The first-order chi connectivity index (χ1) is 15.6. The summed E-state index contributed by atoms with van der Waals surface area (Å²) in [7, 11) is 0. The molecular weight excluding hydrogens is 463 g/mol. The summed E-state index contributed by atoms with van der Waals surface area (Å²) in [5.41, 5.74) is -0.366. The predicted octanol–water partition coefficient (Wildman–Crippen LogP) is 2.87. The van der Waals surface area contributed by atoms with Gasteiger partial charge in [0.05, 0.1) is 10.6 Å². The van der Waals surface area contributed by atoms with Crippen LogP contribution in [0.1, 0.15) is 5.56 Å². The number of urea groups is 1. The summed E-state index contributed by atoms with van der Waals surface area (Å²) in [6.45, 7) is 0.568. The Labute approximate surface area is 192 Å². The monoisotopic (exact) mass is 481 g/mol. The van der Waals surface area contributed by atoms with E-state index in [-0.39, 0.29) is 37.0 Å². The van der Waals surface area contributed by atoms with Crippen molar-refractivity contribution in [3.63, 3.8) is 0 Å². The Bertz CT molecular complexity index is 1070. The number of carbonyl (C=O) groups is 3. The molecule has 3 heterocycles. The molecule has 2 aromatic rings. The van der Waals surface area contributed by atoms with Gasteiger partial charge in [0.2, 0.25) is 5.91 Å². The molecule has 0 spiro atoms. The lowest BCUT2D eigenvalue weighted by molar-refractivity contribution is -0.138. The van der Waals surface area contributed by atoms with Gasteiger partial charge in [-0.15, -0.1) is 0 Å². The van der Waals surface area contributed by atoms with E-state index < -0.39 is 29.6 Å². The van der Waals surface area contributed by atoms with Gasteiger partial charge in [0.15, 0.2) is 0 Å². The number of anilines is 2. The van der Waals surface area contributed by atoms with Crippen LogP contribution in [0.2, 0.25) is 5.02 Å². The Morgan fingerprint density at radius 3 is 2.33 bits per heavy atom. The van der Waals surface area contributed by atoms with Gasteiger partial charge >= 0.3 is 12.2 Å². The normalized spacial score (nSPS) is 17.2. The number of hydrogen-bond donors (Lipinski definition) is 0. The number of carbonyl (C=O) groups excluding carboxylic acids is 3. The summed E-state index contributed by atoms with van der Waals surface area (Å²) in [5, 5.41) is -0.126. The van der Waals surface area contributed by atoms with Gasteiger partial charge in [-0.3, -0.25) is 19.4 Å². The SMILES string of the molecule is O=C(CN1C(=O)CN(c2ccccc2)C1=O)N1CCN(c2ncc(C(F)(F)F)cc2Cl)CC1. The lowest BCUT2D eigenvalue weighted by atomic mass is 10.2. The van der Waals surface area contributed by atoms with Crippen molar-refractivity contribution in [2.24, 2.45) is 0 Å². The van der Waals surface area contributed by atoms with Crippen LogP contribution >= 0.6 is 11.6 Å². The van der Waals surface area contributed by atoms with Gasteiger partial charge < -0.3 is 9.80 Å². The average molecular weight is 482 g/mol. The van der Waals surface area contributed by atoms with Crippen LogP contribution in [0.4, 0.5) is 29.5 Å². The van der Waals surface area contributed by atoms with E-state index in [9.17, 15) is 27.6 Å². The number of hydrogen-bond acceptors (Lipinski definition) is 5. The molecular formula is C21H19ClF3N5O3. The summed E-state index contributed by atoms with van der Waals surface area (Å²) in [4.78, 5) is 47.0. The number of piperazine rings is 1. The first-order valence-corrected chi connectivity index (χ1v) is 10.5. The smallest absolute Gasteiger partial charge is 0.352 e. The standard InChI is InChI=1S/C21H19ClF3N5O3/c22-16-10-14(21(23,24)25)11-26-19(16)28-8-6-27(7-9-28)17(31)12-30-18(32)13-29(20(30)33)15-4-2-1-3-5-15/h1-5,10-11H,6-9,12-13H2. The van der Waals surface area contributed by atoms with Gasteiger partial charge in [-0.25, -0.2) is 9.78 Å². The minimum Gasteiger partial charge on any atom is -0.352 e. The molecule has 0 N–H and O–H groups in total. The predicted molar refractivity (Wildman–Crippen MR) is 114 cm³/mol. The van der Waals surface area contributed by atoms with Crippen LogP contribution in [-0.2, 0) is 15.8 Å². The minimum absolute atomic E-state index is 0.126. The van der Waals surface area contributed by atoms with Crippen molar-refractivity contribution in [3.05, 3.63) is 53.2 Å². The second-order valence-corrected chi connectivity index (χ2v) is 7.99. The van der Waals surface area contributed by atoms with Crippen LogP contribution in [0.3, 0.4) is 0 Å². The minimum atomic E-state index is -4.54. The van der Waals surface area contributed by atoms with Crippen LogP contribution in [0.25, 0.3) is 0 Å². The Kier molecular flexibility index (Phi) is 6.15. The molecule has 2 saturated heterocycles. The fourth-order valence-corrected chi connectivity index (χ4v) is 4.01. The molecule has 0 atom stereocenters. The van der Waals surface area contributed by atoms with E-state index in [1.54, 1.807) is 35.2 Å². The zero-order chi connectivity index (χ0) is 23.8. The quantitative estimate of drug-likeness (QED) is 0.628. The molecule has 2 aliphatic rings. The van der Waals surface area contributed by atoms with E-state index in [1.807, 2.05) is 0 Å². The van der Waals surface area contributed by atoms with Crippen molar-refractivity contribution in [1.82, 2.24) is 14.8 Å². The number of amides is 4. The van der Waals surface area contributed by atoms with Gasteiger partial charge in [-0.05, 0) is 18.2 Å². The molecule has 0 unspecified atom stereocenters. The fourth-order valence-electron chi connectivity index (χ4n) is 3.73. The van der Waals surface area contributed by atoms with E-state index in [1.165, 1.54) is 9.80 Å². The third-order valence-corrected chi connectivity index (χ3v) is 5.78. The molecule has 4 amide bonds. The van der Waals surface area contributed by atoms with Crippen molar-refractivity contribution in [2.75, 3.05) is 49.1 Å². The number of benzene rings is 1. The molecule has 12 heteroatoms. The Balaban J connectivity index is 1.35. The number of imide groups is 1. The average Bonchev–Trinajstić information content (AvgIpc) is 3.07. The maximum Gasteiger partial charge on any atom is 0.417 e. The lowest BCUT2D eigenvalue weighted by Crippen LogP contribution is -2.52. The molecule has 2 fully saturated rings. The molecule has 0 aliphatic carbocycles. The topological polar surface area (TPSA) is 77.1 Å². The Morgan fingerprint density at radius 2 is 1.73 bits per heavy atom. The highest BCUT2D eigenvalue weighted by molar-refractivity contribution is 6.33. The van der Waals surface area contributed by atoms with Gasteiger partial charge in [0.1, 0.15) is 18.9 Å². The first kappa shape index (κ1) is 22.8. The van der Waals surface area contributed by atoms with Gasteiger partial charge in [0.25, 0.3) is 5.91 Å². The number of nitrogens with zero attached hydrogens (tertiary/aromatic N) is 5. The summed E-state index contributed by atoms with van der Waals surface area (Å²) in [6.07, 6.45) is -3.82. The second-order valence-electron chi connectivity index (χ2n) is 7.58. The zero-order valence-electron chi connectivity index (χ0n) is 17.3. The van der Waals surface area contributed by atoms with Crippen molar-refractivity contribution < 1.29 is 27.6 Å². The molecule has 0 bridgehead atoms. The van der Waals surface area contributed by atoms with Gasteiger partial charge in [0, 0.05) is 38.1 Å². The number of aromatic nitrogens is 1. The summed E-state index contributed by atoms with van der Waals surface area (Å²) < 4.78 is 38.4. The van der Waals surface area contributed by atoms with Crippen molar-refractivity contribution in [3.8, 4) is 0 Å². The lowest BCUT2D eigenvalue weighted by Gasteiger charge is -2.36. The molecule has 2 aliphatic heterocycles. The molecule has 174 valence electrons. The highest BCUT2D eigenvalue weighted by atomic mass is 35.5. The molecule has 1 aromatic heterocycles. The molecule has 8 nitrogen and oxygen atoms in total. The third-order valence-electron chi connectivity index (χ3n) is 5.50. The van der Waals surface area contributed by atoms with E-state index in [2.05, 4.69) is 4.98 Å². The number of pyridine rings is 1. The van der Waals surface area contributed by atoms with Crippen LogP contribution in [0.15, 0.2) is 42.6 Å². The Hall–Kier alpha value is -3.34. The van der Waals surface area contributed by atoms with Gasteiger partial charge in [-0.2, -0.15) is 13.2 Å². The van der Waals surface area contributed by atoms with Crippen LogP contribution in [-0.4, -0.2) is 71.9 Å². The second kappa shape index (κ2) is 8.89. The summed E-state index contributed by atoms with van der Waals surface area (Å²) in [5.74, 6) is -0.644. The largest absolute Gasteiger partial charge is 0.417 e. The molecule has 4 rings (SSSR count). The van der Waals surface area contributed by atoms with Crippen LogP contribution < -0.4 is 9.80 Å². The van der Waals surface area contributed by atoms with Crippen molar-refractivity contribution >= 4 is 41.0 Å². The maximum absolute atomic E-state index is 12.8. The van der Waals surface area contributed by atoms with E-state index in [0.717, 1.165) is 17.2 Å². The molecule has 33 heavy (non-hydrogen) atoms. The molecule has 0 saturated carbocycles. The van der Waals surface area contributed by atoms with Gasteiger partial charge in [-0.1, -0.05) is 29.8 Å². The molecule has 1 aromatic carbocycles. The van der Waals surface area contributed by atoms with E-state index in [4.69, 9.17) is 11.6 Å². The maximum atomic E-state index is 12.8.